The number of hydrogen-bond donors (Lipinski definition) is 0. The molecule has 2 heteroatoms. The molecule has 0 rings (SSSR count). The molecular formula is C6H15NaSi. The SMILES string of the molecule is C[Si](C)(C)CC[CH2][Na]. The molecule has 0 aliphatic carbocycles. The molecule has 0 bridgehead atoms. The van der Waals surface area contributed by atoms with Crippen LogP contribution in [0.5, 0.6) is 0 Å². The minimum atomic E-state index is -0.656. The monoisotopic (exact) mass is 138 g/mol. The van der Waals surface area contributed by atoms with Crippen LogP contribution in [0.2, 0.25) is 29.4 Å². The zero-order chi connectivity index (χ0) is 6.62. The Bertz CT molecular complexity index is 56.0. The van der Waals surface area contributed by atoms with Gasteiger partial charge in [0.25, 0.3) is 0 Å². The second-order valence-corrected chi connectivity index (χ2v) is 10.3. The molecule has 0 amide bonds. The van der Waals surface area contributed by atoms with E-state index in [1.165, 1.54) is 44.1 Å². The van der Waals surface area contributed by atoms with Gasteiger partial charge in [0, 0.05) is 0 Å². The topological polar surface area (TPSA) is 0 Å². The molecule has 0 nitrogen and oxygen atoms in total. The van der Waals surface area contributed by atoms with Crippen LogP contribution in [0.15, 0.2) is 0 Å². The molecule has 0 radical (unpaired) electrons. The van der Waals surface area contributed by atoms with Crippen molar-refractivity contribution in [3.05, 3.63) is 0 Å². The summed E-state index contributed by atoms with van der Waals surface area (Å²) < 4.78 is 1.50. The van der Waals surface area contributed by atoms with Gasteiger partial charge in [-0.1, -0.05) is 0 Å². The molecule has 0 aromatic carbocycles. The molecule has 0 aromatic heterocycles. The van der Waals surface area contributed by atoms with Crippen LogP contribution >= 0.6 is 0 Å². The standard InChI is InChI=1S/C6H15Si.Na/c1-5-6-7(2,3)4;/h1,5-6H2,2-4H3;. The first kappa shape index (κ1) is 9.22. The fraction of sp³-hybridized carbons (Fsp3) is 1.00. The van der Waals surface area contributed by atoms with Crippen molar-refractivity contribution in [3.8, 4) is 0 Å². The molecule has 0 saturated carbocycles. The summed E-state index contributed by atoms with van der Waals surface area (Å²) in [5, 5.41) is 0. The summed E-state index contributed by atoms with van der Waals surface area (Å²) in [4.78, 5) is 0. The predicted octanol–water partition coefficient (Wildman–Crippen LogP) is 2.30. The molecular weight excluding hydrogens is 123 g/mol. The van der Waals surface area contributed by atoms with Crippen LogP contribution in [-0.4, -0.2) is 36.0 Å². The van der Waals surface area contributed by atoms with E-state index in [0.717, 1.165) is 0 Å². The predicted molar refractivity (Wildman–Crippen MR) is 43.3 cm³/mol. The average Bonchev–Trinajstić information content (AvgIpc) is 1.59. The maximum atomic E-state index is 2.45. The first-order valence-electron chi connectivity index (χ1n) is 3.56. The van der Waals surface area contributed by atoms with E-state index in [0.29, 0.717) is 0 Å². The van der Waals surface area contributed by atoms with Gasteiger partial charge in [-0.05, 0) is 0 Å². The molecule has 0 spiro atoms. The third-order valence-electron chi connectivity index (χ3n) is 1.28. The van der Waals surface area contributed by atoms with Crippen LogP contribution < -0.4 is 0 Å². The zero-order valence-corrected chi connectivity index (χ0v) is 9.62. The second kappa shape index (κ2) is 4.10. The van der Waals surface area contributed by atoms with Gasteiger partial charge < -0.3 is 0 Å². The molecule has 0 atom stereocenters. The summed E-state index contributed by atoms with van der Waals surface area (Å²) in [5.41, 5.74) is 0. The van der Waals surface area contributed by atoms with Crippen LogP contribution in [0, 0.1) is 0 Å². The molecule has 0 heterocycles. The first-order valence-corrected chi connectivity index (χ1v) is 8.68. The molecule has 0 fully saturated rings. The van der Waals surface area contributed by atoms with E-state index in [9.17, 15) is 0 Å². The summed E-state index contributed by atoms with van der Waals surface area (Å²) in [6, 6.07) is 1.54. The summed E-state index contributed by atoms with van der Waals surface area (Å²) in [5.74, 6) is 0. The van der Waals surface area contributed by atoms with Gasteiger partial charge in [0.2, 0.25) is 0 Å². The summed E-state index contributed by atoms with van der Waals surface area (Å²) in [6.07, 6.45) is 1.50. The van der Waals surface area contributed by atoms with E-state index in [-0.39, 0.29) is 0 Å². The summed E-state index contributed by atoms with van der Waals surface area (Å²) >= 11 is 1.40. The zero-order valence-electron chi connectivity index (χ0n) is 6.62. The van der Waals surface area contributed by atoms with Crippen molar-refractivity contribution in [3.63, 3.8) is 0 Å². The average molecular weight is 138 g/mol. The van der Waals surface area contributed by atoms with Crippen molar-refractivity contribution >= 4 is 36.0 Å². The number of hydrogen-bond acceptors (Lipinski definition) is 0. The van der Waals surface area contributed by atoms with E-state index in [2.05, 4.69) is 19.6 Å². The van der Waals surface area contributed by atoms with Crippen LogP contribution in [0.25, 0.3) is 0 Å². The molecule has 0 saturated heterocycles. The fourth-order valence-electron chi connectivity index (χ4n) is 0.707. The first-order chi connectivity index (χ1) is 3.56. The Morgan fingerprint density at radius 3 is 1.88 bits per heavy atom. The van der Waals surface area contributed by atoms with Gasteiger partial charge >= 0.3 is 71.8 Å². The van der Waals surface area contributed by atoms with Gasteiger partial charge in [-0.15, -0.1) is 0 Å². The fourth-order valence-corrected chi connectivity index (χ4v) is 3.18. The quantitative estimate of drug-likeness (QED) is 0.525. The molecule has 0 N–H and O–H groups in total. The third kappa shape index (κ3) is 7.22. The van der Waals surface area contributed by atoms with Gasteiger partial charge in [0.1, 0.15) is 0 Å². The Kier molecular flexibility index (Phi) is 4.72. The van der Waals surface area contributed by atoms with Crippen LogP contribution in [0.4, 0.5) is 0 Å². The van der Waals surface area contributed by atoms with Crippen molar-refractivity contribution < 1.29 is 0 Å². The Hall–Kier alpha value is 1.22. The van der Waals surface area contributed by atoms with Gasteiger partial charge in [0.05, 0.1) is 0 Å². The summed E-state index contributed by atoms with van der Waals surface area (Å²) in [6.45, 7) is 7.35. The molecule has 44 valence electrons. The Balaban J connectivity index is 3.11. The van der Waals surface area contributed by atoms with Crippen LogP contribution in [0.3, 0.4) is 0 Å². The van der Waals surface area contributed by atoms with Crippen molar-refractivity contribution in [1.82, 2.24) is 0 Å². The van der Waals surface area contributed by atoms with Crippen LogP contribution in [-0.2, 0) is 0 Å². The van der Waals surface area contributed by atoms with Gasteiger partial charge in [-0.3, -0.25) is 0 Å². The van der Waals surface area contributed by atoms with E-state index >= 15 is 0 Å². The van der Waals surface area contributed by atoms with E-state index in [1.54, 1.807) is 0 Å². The Morgan fingerprint density at radius 1 is 1.25 bits per heavy atom. The van der Waals surface area contributed by atoms with Crippen molar-refractivity contribution in [2.45, 2.75) is 35.8 Å². The molecule has 0 aliphatic rings. The second-order valence-electron chi connectivity index (χ2n) is 3.66. The minimum absolute atomic E-state index is 0.656. The third-order valence-corrected chi connectivity index (χ3v) is 3.84. The molecule has 8 heavy (non-hydrogen) atoms. The maximum absolute atomic E-state index is 2.45. The van der Waals surface area contributed by atoms with Crippen LogP contribution in [0.1, 0.15) is 6.42 Å². The molecule has 0 unspecified atom stereocenters. The Labute approximate surface area is 71.5 Å². The number of rotatable bonds is 3. The van der Waals surface area contributed by atoms with E-state index < -0.39 is 8.07 Å². The van der Waals surface area contributed by atoms with Crippen molar-refractivity contribution in [2.24, 2.45) is 0 Å². The normalized spacial score (nSPS) is 12.1. The van der Waals surface area contributed by atoms with Crippen molar-refractivity contribution in [1.29, 1.82) is 0 Å². The van der Waals surface area contributed by atoms with E-state index in [4.69, 9.17) is 0 Å². The molecule has 0 aliphatic heterocycles. The summed E-state index contributed by atoms with van der Waals surface area (Å²) in [7, 11) is -0.656. The van der Waals surface area contributed by atoms with Crippen molar-refractivity contribution in [2.75, 3.05) is 0 Å². The van der Waals surface area contributed by atoms with Gasteiger partial charge in [0.15, 0.2) is 0 Å². The van der Waals surface area contributed by atoms with Gasteiger partial charge in [-0.2, -0.15) is 0 Å². The van der Waals surface area contributed by atoms with E-state index in [1.807, 2.05) is 0 Å². The Morgan fingerprint density at radius 2 is 1.75 bits per heavy atom. The van der Waals surface area contributed by atoms with Gasteiger partial charge in [-0.25, -0.2) is 0 Å². The molecule has 0 aromatic rings.